The van der Waals surface area contributed by atoms with Crippen molar-refractivity contribution in [2.45, 2.75) is 50.4 Å². The van der Waals surface area contributed by atoms with Gasteiger partial charge in [-0.15, -0.1) is 0 Å². The van der Waals surface area contributed by atoms with Crippen LogP contribution in [0.25, 0.3) is 0 Å². The van der Waals surface area contributed by atoms with E-state index in [9.17, 15) is 0 Å². The van der Waals surface area contributed by atoms with Crippen LogP contribution in [0.15, 0.2) is 12.4 Å². The van der Waals surface area contributed by atoms with Gasteiger partial charge in [-0.2, -0.15) is 0 Å². The Morgan fingerprint density at radius 2 is 2.06 bits per heavy atom. The van der Waals surface area contributed by atoms with Crippen LogP contribution in [0.3, 0.4) is 0 Å². The smallest absolute Gasteiger partial charge is 0.122 e. The van der Waals surface area contributed by atoms with Gasteiger partial charge in [-0.3, -0.25) is 4.90 Å². The molecule has 16 heavy (non-hydrogen) atoms. The van der Waals surface area contributed by atoms with Crippen molar-refractivity contribution in [1.82, 2.24) is 14.5 Å². The maximum absolute atomic E-state index is 6.07. The first-order valence-corrected chi connectivity index (χ1v) is 6.21. The second-order valence-electron chi connectivity index (χ2n) is 5.24. The normalized spacial score (nSPS) is 34.5. The van der Waals surface area contributed by atoms with Crippen LogP contribution in [0.1, 0.15) is 31.5 Å². The molecule has 1 aromatic heterocycles. The Morgan fingerprint density at radius 3 is 2.62 bits per heavy atom. The number of nitrogens with two attached hydrogens (primary N) is 1. The molecule has 4 heteroatoms. The lowest BCUT2D eigenvalue weighted by Crippen LogP contribution is -2.47. The number of imidazole rings is 1. The van der Waals surface area contributed by atoms with Gasteiger partial charge in [-0.1, -0.05) is 0 Å². The zero-order valence-electron chi connectivity index (χ0n) is 9.84. The number of piperidine rings is 1. The van der Waals surface area contributed by atoms with E-state index < -0.39 is 0 Å². The summed E-state index contributed by atoms with van der Waals surface area (Å²) in [7, 11) is 2.07. The molecule has 2 saturated heterocycles. The average molecular weight is 220 g/mol. The van der Waals surface area contributed by atoms with E-state index in [4.69, 9.17) is 5.73 Å². The van der Waals surface area contributed by atoms with E-state index in [-0.39, 0.29) is 0 Å². The Hall–Kier alpha value is -0.870. The number of rotatable bonds is 2. The number of hydrogen-bond donors (Lipinski definition) is 1. The largest absolute Gasteiger partial charge is 0.337 e. The van der Waals surface area contributed by atoms with E-state index in [1.54, 1.807) is 0 Å². The highest BCUT2D eigenvalue weighted by Gasteiger charge is 2.39. The van der Waals surface area contributed by atoms with Gasteiger partial charge in [-0.05, 0) is 25.7 Å². The first-order chi connectivity index (χ1) is 7.74. The van der Waals surface area contributed by atoms with Gasteiger partial charge in [0.1, 0.15) is 5.82 Å². The lowest BCUT2D eigenvalue weighted by molar-refractivity contribution is 0.115. The zero-order chi connectivity index (χ0) is 11.1. The summed E-state index contributed by atoms with van der Waals surface area (Å²) in [5.74, 6) is 1.17. The van der Waals surface area contributed by atoms with Crippen LogP contribution in [0.4, 0.5) is 0 Å². The van der Waals surface area contributed by atoms with Gasteiger partial charge >= 0.3 is 0 Å². The lowest BCUT2D eigenvalue weighted by Gasteiger charge is -2.37. The van der Waals surface area contributed by atoms with Crippen molar-refractivity contribution >= 4 is 0 Å². The molecule has 0 saturated carbocycles. The monoisotopic (exact) mass is 220 g/mol. The summed E-state index contributed by atoms with van der Waals surface area (Å²) < 4.78 is 2.12. The third-order valence-corrected chi connectivity index (χ3v) is 4.17. The summed E-state index contributed by atoms with van der Waals surface area (Å²) >= 11 is 0. The lowest BCUT2D eigenvalue weighted by atomic mass is 9.98. The summed E-state index contributed by atoms with van der Waals surface area (Å²) in [5.41, 5.74) is 6.07. The molecule has 1 aromatic rings. The van der Waals surface area contributed by atoms with Gasteiger partial charge < -0.3 is 10.3 Å². The number of nitrogens with zero attached hydrogens (tertiary/aromatic N) is 3. The fraction of sp³-hybridized carbons (Fsp3) is 0.750. The fourth-order valence-corrected chi connectivity index (χ4v) is 3.29. The number of aryl methyl sites for hydroxylation is 1. The van der Waals surface area contributed by atoms with Crippen LogP contribution in [0.2, 0.25) is 0 Å². The van der Waals surface area contributed by atoms with Gasteiger partial charge in [0, 0.05) is 37.6 Å². The quantitative estimate of drug-likeness (QED) is 0.804. The molecule has 3 rings (SSSR count). The number of aromatic nitrogens is 2. The van der Waals surface area contributed by atoms with Gasteiger partial charge in [0.15, 0.2) is 0 Å². The summed E-state index contributed by atoms with van der Waals surface area (Å²) in [4.78, 5) is 7.03. The van der Waals surface area contributed by atoms with E-state index in [1.807, 2.05) is 12.4 Å². The average Bonchev–Trinajstić information content (AvgIpc) is 2.73. The molecule has 0 amide bonds. The maximum Gasteiger partial charge on any atom is 0.122 e. The highest BCUT2D eigenvalue weighted by Crippen LogP contribution is 2.35. The summed E-state index contributed by atoms with van der Waals surface area (Å²) in [6, 6.07) is 1.83. The minimum absolute atomic E-state index is 0.426. The SMILES string of the molecule is Cn1ccnc1CN1[C@@H]2CC[C@H]1CC(N)C2. The predicted molar refractivity (Wildman–Crippen MR) is 62.8 cm³/mol. The molecule has 2 aliphatic heterocycles. The molecular formula is C12H20N4. The molecule has 2 bridgehead atoms. The van der Waals surface area contributed by atoms with Crippen LogP contribution in [-0.2, 0) is 13.6 Å². The molecule has 3 atom stereocenters. The summed E-state index contributed by atoms with van der Waals surface area (Å²) in [5, 5.41) is 0. The van der Waals surface area contributed by atoms with E-state index in [0.717, 1.165) is 6.54 Å². The Morgan fingerprint density at radius 1 is 1.38 bits per heavy atom. The molecule has 1 unspecified atom stereocenters. The highest BCUT2D eigenvalue weighted by atomic mass is 15.2. The van der Waals surface area contributed by atoms with Crippen molar-refractivity contribution in [3.63, 3.8) is 0 Å². The van der Waals surface area contributed by atoms with Crippen molar-refractivity contribution in [3.8, 4) is 0 Å². The van der Waals surface area contributed by atoms with Crippen LogP contribution in [0, 0.1) is 0 Å². The van der Waals surface area contributed by atoms with E-state index >= 15 is 0 Å². The fourth-order valence-electron chi connectivity index (χ4n) is 3.29. The van der Waals surface area contributed by atoms with E-state index in [0.29, 0.717) is 18.1 Å². The van der Waals surface area contributed by atoms with Gasteiger partial charge in [-0.25, -0.2) is 4.98 Å². The van der Waals surface area contributed by atoms with Crippen molar-refractivity contribution in [2.24, 2.45) is 12.8 Å². The molecule has 0 spiro atoms. The van der Waals surface area contributed by atoms with Gasteiger partial charge in [0.05, 0.1) is 6.54 Å². The summed E-state index contributed by atoms with van der Waals surface area (Å²) in [6.45, 7) is 0.992. The molecule has 2 fully saturated rings. The highest BCUT2D eigenvalue weighted by molar-refractivity contribution is 5.00. The first-order valence-electron chi connectivity index (χ1n) is 6.21. The molecular weight excluding hydrogens is 200 g/mol. The standard InChI is InChI=1S/C12H20N4/c1-15-5-4-14-12(15)8-16-10-2-3-11(16)7-9(13)6-10/h4-5,9-11H,2-3,6-8,13H2,1H3/t9?,10-,11+. The Labute approximate surface area is 96.4 Å². The van der Waals surface area contributed by atoms with Crippen molar-refractivity contribution in [3.05, 3.63) is 18.2 Å². The Balaban J connectivity index is 1.75. The molecule has 2 aliphatic rings. The van der Waals surface area contributed by atoms with E-state index in [2.05, 4.69) is 21.5 Å². The van der Waals surface area contributed by atoms with Crippen LogP contribution in [-0.4, -0.2) is 32.6 Å². The van der Waals surface area contributed by atoms with Gasteiger partial charge in [0.2, 0.25) is 0 Å². The molecule has 0 radical (unpaired) electrons. The number of hydrogen-bond acceptors (Lipinski definition) is 3. The second-order valence-corrected chi connectivity index (χ2v) is 5.24. The first kappa shape index (κ1) is 10.3. The van der Waals surface area contributed by atoms with Crippen LogP contribution >= 0.6 is 0 Å². The molecule has 2 N–H and O–H groups in total. The van der Waals surface area contributed by atoms with Crippen molar-refractivity contribution in [1.29, 1.82) is 0 Å². The molecule has 3 heterocycles. The Bertz CT molecular complexity index is 359. The maximum atomic E-state index is 6.07. The second kappa shape index (κ2) is 3.86. The van der Waals surface area contributed by atoms with Crippen molar-refractivity contribution in [2.75, 3.05) is 0 Å². The molecule has 4 nitrogen and oxygen atoms in total. The molecule has 88 valence electrons. The van der Waals surface area contributed by atoms with E-state index in [1.165, 1.54) is 31.5 Å². The van der Waals surface area contributed by atoms with Crippen LogP contribution in [0.5, 0.6) is 0 Å². The predicted octanol–water partition coefficient (Wildman–Crippen LogP) is 0.874. The van der Waals surface area contributed by atoms with Crippen molar-refractivity contribution < 1.29 is 0 Å². The molecule has 0 aliphatic carbocycles. The topological polar surface area (TPSA) is 47.1 Å². The Kier molecular flexibility index (Phi) is 2.48. The summed E-state index contributed by atoms with van der Waals surface area (Å²) in [6.07, 6.45) is 8.88. The zero-order valence-corrected chi connectivity index (χ0v) is 9.84. The van der Waals surface area contributed by atoms with Gasteiger partial charge in [0.25, 0.3) is 0 Å². The minimum atomic E-state index is 0.426. The minimum Gasteiger partial charge on any atom is -0.337 e. The number of fused-ring (bicyclic) bond motifs is 2. The van der Waals surface area contributed by atoms with Crippen LogP contribution < -0.4 is 5.73 Å². The molecule has 0 aromatic carbocycles. The third-order valence-electron chi connectivity index (χ3n) is 4.17. The third kappa shape index (κ3) is 1.66.